The van der Waals surface area contributed by atoms with Gasteiger partial charge in [-0.1, -0.05) is 0 Å². The zero-order chi connectivity index (χ0) is 13.8. The van der Waals surface area contributed by atoms with Crippen molar-refractivity contribution in [2.24, 2.45) is 0 Å². The van der Waals surface area contributed by atoms with Crippen molar-refractivity contribution < 1.29 is 13.6 Å². The Balaban J connectivity index is 2.11. The largest absolute Gasteiger partial charge is 0.383 e. The maximum absolute atomic E-state index is 13.5. The van der Waals surface area contributed by atoms with E-state index in [1.165, 1.54) is 7.05 Å². The number of anilines is 1. The minimum absolute atomic E-state index is 0.0828. The zero-order valence-corrected chi connectivity index (χ0v) is 10.1. The van der Waals surface area contributed by atoms with Crippen molar-refractivity contribution in [3.63, 3.8) is 0 Å². The Labute approximate surface area is 108 Å². The van der Waals surface area contributed by atoms with E-state index in [9.17, 15) is 13.6 Å². The van der Waals surface area contributed by atoms with Gasteiger partial charge in [0.15, 0.2) is 0 Å². The van der Waals surface area contributed by atoms with Gasteiger partial charge in [-0.15, -0.1) is 0 Å². The Kier molecular flexibility index (Phi) is 3.74. The molecular weight excluding hydrogens is 254 g/mol. The summed E-state index contributed by atoms with van der Waals surface area (Å²) in [7, 11) is 1.40. The highest BCUT2D eigenvalue weighted by atomic mass is 19.1. The van der Waals surface area contributed by atoms with Gasteiger partial charge in [0.05, 0.1) is 6.54 Å². The van der Waals surface area contributed by atoms with Crippen molar-refractivity contribution in [3.05, 3.63) is 47.5 Å². The van der Waals surface area contributed by atoms with Gasteiger partial charge in [0, 0.05) is 25.0 Å². The zero-order valence-electron chi connectivity index (χ0n) is 10.1. The number of aromatic nitrogens is 2. The minimum Gasteiger partial charge on any atom is -0.383 e. The highest BCUT2D eigenvalue weighted by Gasteiger charge is 2.14. The van der Waals surface area contributed by atoms with Crippen molar-refractivity contribution in [1.82, 2.24) is 15.3 Å². The lowest BCUT2D eigenvalue weighted by Gasteiger charge is -2.07. The summed E-state index contributed by atoms with van der Waals surface area (Å²) < 4.78 is 27.0. The van der Waals surface area contributed by atoms with E-state index in [4.69, 9.17) is 0 Å². The van der Waals surface area contributed by atoms with Gasteiger partial charge < -0.3 is 15.6 Å². The quantitative estimate of drug-likeness (QED) is 0.788. The van der Waals surface area contributed by atoms with Gasteiger partial charge in [-0.05, 0) is 12.1 Å². The molecule has 0 unspecified atom stereocenters. The normalized spacial score (nSPS) is 10.3. The number of hydrogen-bond donors (Lipinski definition) is 3. The smallest absolute Gasteiger partial charge is 0.251 e. The molecule has 100 valence electrons. The number of hydrogen-bond acceptors (Lipinski definition) is 3. The van der Waals surface area contributed by atoms with Gasteiger partial charge in [-0.25, -0.2) is 13.8 Å². The Morgan fingerprint density at radius 1 is 1.37 bits per heavy atom. The summed E-state index contributed by atoms with van der Waals surface area (Å²) in [6.07, 6.45) is 3.16. The molecule has 1 aromatic heterocycles. The molecule has 3 N–H and O–H groups in total. The van der Waals surface area contributed by atoms with E-state index in [2.05, 4.69) is 20.6 Å². The van der Waals surface area contributed by atoms with E-state index in [-0.39, 0.29) is 17.8 Å². The number of carbonyl (C=O) groups is 1. The number of aromatic amines is 1. The summed E-state index contributed by atoms with van der Waals surface area (Å²) >= 11 is 0. The molecular formula is C12H12F2N4O. The molecule has 1 amide bonds. The molecule has 2 rings (SSSR count). The number of H-pyrrole nitrogens is 1. The van der Waals surface area contributed by atoms with E-state index >= 15 is 0 Å². The molecule has 5 nitrogen and oxygen atoms in total. The molecule has 0 bridgehead atoms. The molecule has 2 aromatic rings. The highest BCUT2D eigenvalue weighted by molar-refractivity contribution is 5.94. The monoisotopic (exact) mass is 266 g/mol. The predicted octanol–water partition coefficient (Wildman–Crippen LogP) is 1.66. The second-order valence-electron chi connectivity index (χ2n) is 3.78. The maximum Gasteiger partial charge on any atom is 0.251 e. The summed E-state index contributed by atoms with van der Waals surface area (Å²) in [5, 5.41) is 4.89. The summed E-state index contributed by atoms with van der Waals surface area (Å²) in [5.41, 5.74) is -0.344. The van der Waals surface area contributed by atoms with Crippen molar-refractivity contribution in [2.45, 2.75) is 6.54 Å². The van der Waals surface area contributed by atoms with E-state index in [0.717, 1.165) is 12.1 Å². The van der Waals surface area contributed by atoms with Gasteiger partial charge >= 0.3 is 0 Å². The standard InChI is InChI=1S/C12H12F2N4O/c1-15-11-8(13)4-7(5-9(11)14)12(19)18-6-10-16-2-3-17-10/h2-5,15H,6H2,1H3,(H,16,17)(H,18,19). The number of carbonyl (C=O) groups excluding carboxylic acids is 1. The molecule has 0 saturated heterocycles. The SMILES string of the molecule is CNc1c(F)cc(C(=O)NCc2ncc[nH]2)cc1F. The Bertz CT molecular complexity index is 560. The molecule has 0 radical (unpaired) electrons. The number of rotatable bonds is 4. The lowest BCUT2D eigenvalue weighted by atomic mass is 10.1. The third-order valence-electron chi connectivity index (χ3n) is 2.53. The highest BCUT2D eigenvalue weighted by Crippen LogP contribution is 2.20. The Morgan fingerprint density at radius 3 is 2.58 bits per heavy atom. The van der Waals surface area contributed by atoms with Crippen LogP contribution in [-0.4, -0.2) is 22.9 Å². The van der Waals surface area contributed by atoms with Crippen molar-refractivity contribution in [1.29, 1.82) is 0 Å². The summed E-state index contributed by atoms with van der Waals surface area (Å²) in [6, 6.07) is 1.96. The van der Waals surface area contributed by atoms with Crippen LogP contribution in [-0.2, 0) is 6.54 Å². The van der Waals surface area contributed by atoms with Crippen LogP contribution in [0.2, 0.25) is 0 Å². The first kappa shape index (κ1) is 13.0. The fraction of sp³-hybridized carbons (Fsp3) is 0.167. The van der Waals surface area contributed by atoms with Crippen LogP contribution >= 0.6 is 0 Å². The fourth-order valence-electron chi connectivity index (χ4n) is 1.60. The summed E-state index contributed by atoms with van der Waals surface area (Å²) in [5.74, 6) is -1.64. The van der Waals surface area contributed by atoms with Crippen LogP contribution in [0.25, 0.3) is 0 Å². The third kappa shape index (κ3) is 2.87. The number of nitrogens with one attached hydrogen (secondary N) is 3. The van der Waals surface area contributed by atoms with Gasteiger partial charge in [0.25, 0.3) is 5.91 Å². The number of benzene rings is 1. The van der Waals surface area contributed by atoms with Crippen molar-refractivity contribution in [2.75, 3.05) is 12.4 Å². The number of amides is 1. The molecule has 19 heavy (non-hydrogen) atoms. The fourth-order valence-corrected chi connectivity index (χ4v) is 1.60. The van der Waals surface area contributed by atoms with E-state index in [1.807, 2.05) is 0 Å². The van der Waals surface area contributed by atoms with Gasteiger partial charge in [0.2, 0.25) is 0 Å². The van der Waals surface area contributed by atoms with Gasteiger partial charge in [0.1, 0.15) is 23.1 Å². The molecule has 0 spiro atoms. The van der Waals surface area contributed by atoms with Gasteiger partial charge in [-0.3, -0.25) is 4.79 Å². The number of halogens is 2. The lowest BCUT2D eigenvalue weighted by Crippen LogP contribution is -2.23. The number of imidazole rings is 1. The third-order valence-corrected chi connectivity index (χ3v) is 2.53. The first-order chi connectivity index (χ1) is 9.11. The second-order valence-corrected chi connectivity index (χ2v) is 3.78. The predicted molar refractivity (Wildman–Crippen MR) is 65.7 cm³/mol. The molecule has 1 heterocycles. The van der Waals surface area contributed by atoms with E-state index in [1.54, 1.807) is 12.4 Å². The molecule has 7 heteroatoms. The van der Waals surface area contributed by atoms with Crippen molar-refractivity contribution in [3.8, 4) is 0 Å². The van der Waals surface area contributed by atoms with E-state index < -0.39 is 17.5 Å². The molecule has 0 fully saturated rings. The topological polar surface area (TPSA) is 69.8 Å². The minimum atomic E-state index is -0.814. The van der Waals surface area contributed by atoms with Crippen LogP contribution in [0.4, 0.5) is 14.5 Å². The van der Waals surface area contributed by atoms with Crippen molar-refractivity contribution >= 4 is 11.6 Å². The first-order valence-electron chi connectivity index (χ1n) is 5.55. The van der Waals surface area contributed by atoms with Crippen LogP contribution in [0.1, 0.15) is 16.2 Å². The average Bonchev–Trinajstić information content (AvgIpc) is 2.88. The number of nitrogens with zero attached hydrogens (tertiary/aromatic N) is 1. The molecule has 0 aliphatic rings. The molecule has 0 atom stereocenters. The van der Waals surface area contributed by atoms with E-state index in [0.29, 0.717) is 5.82 Å². The van der Waals surface area contributed by atoms with Crippen LogP contribution in [0, 0.1) is 11.6 Å². The lowest BCUT2D eigenvalue weighted by molar-refractivity contribution is 0.0949. The first-order valence-corrected chi connectivity index (χ1v) is 5.55. The van der Waals surface area contributed by atoms with Crippen LogP contribution in [0.15, 0.2) is 24.5 Å². The molecule has 0 aliphatic carbocycles. The Morgan fingerprint density at radius 2 is 2.05 bits per heavy atom. The molecule has 0 saturated carbocycles. The van der Waals surface area contributed by atoms with Crippen LogP contribution < -0.4 is 10.6 Å². The second kappa shape index (κ2) is 5.47. The summed E-state index contributed by atoms with van der Waals surface area (Å²) in [6.45, 7) is 0.156. The van der Waals surface area contributed by atoms with Crippen LogP contribution in [0.3, 0.4) is 0 Å². The summed E-state index contributed by atoms with van der Waals surface area (Å²) in [4.78, 5) is 18.5. The van der Waals surface area contributed by atoms with Crippen LogP contribution in [0.5, 0.6) is 0 Å². The Hall–Kier alpha value is -2.44. The average molecular weight is 266 g/mol. The maximum atomic E-state index is 13.5. The molecule has 0 aliphatic heterocycles. The molecule has 1 aromatic carbocycles. The van der Waals surface area contributed by atoms with Gasteiger partial charge in [-0.2, -0.15) is 0 Å².